The number of halogens is 1. The fourth-order valence-electron chi connectivity index (χ4n) is 1.17. The minimum Gasteiger partial charge on any atom is -0.346 e. The fourth-order valence-corrected chi connectivity index (χ4v) is 1.17. The Kier molecular flexibility index (Phi) is 4.59. The molecule has 0 spiro atoms. The molecule has 0 saturated heterocycles. The molecule has 0 aliphatic rings. The van der Waals surface area contributed by atoms with Gasteiger partial charge in [0.15, 0.2) is 0 Å². The predicted octanol–water partition coefficient (Wildman–Crippen LogP) is -0.137. The number of anilines is 1. The summed E-state index contributed by atoms with van der Waals surface area (Å²) in [7, 11) is 1.55. The summed E-state index contributed by atoms with van der Waals surface area (Å²) in [5, 5.41) is 2.36. The van der Waals surface area contributed by atoms with Crippen molar-refractivity contribution in [2.45, 2.75) is 0 Å². The molecule has 3 N–H and O–H groups in total. The quantitative estimate of drug-likeness (QED) is 0.768. The van der Waals surface area contributed by atoms with Gasteiger partial charge in [0.2, 0.25) is 11.8 Å². The molecule has 5 nitrogen and oxygen atoms in total. The van der Waals surface area contributed by atoms with E-state index in [1.165, 1.54) is 29.2 Å². The van der Waals surface area contributed by atoms with Crippen molar-refractivity contribution in [3.8, 4) is 0 Å². The summed E-state index contributed by atoms with van der Waals surface area (Å²) in [6.45, 7) is -0.294. The van der Waals surface area contributed by atoms with Crippen LogP contribution in [0, 0.1) is 5.82 Å². The summed E-state index contributed by atoms with van der Waals surface area (Å²) in [5.41, 5.74) is 5.64. The van der Waals surface area contributed by atoms with E-state index < -0.39 is 5.91 Å². The number of nitrogens with zero attached hydrogens (tertiary/aromatic N) is 1. The maximum absolute atomic E-state index is 12.7. The summed E-state index contributed by atoms with van der Waals surface area (Å²) in [5.74, 6) is -1.07. The van der Waals surface area contributed by atoms with Crippen LogP contribution >= 0.6 is 0 Å². The van der Waals surface area contributed by atoms with Gasteiger partial charge < -0.3 is 16.0 Å². The number of rotatable bonds is 4. The molecule has 0 atom stereocenters. The van der Waals surface area contributed by atoms with Crippen LogP contribution in [0.25, 0.3) is 0 Å². The van der Waals surface area contributed by atoms with Crippen LogP contribution in [0.15, 0.2) is 24.3 Å². The third-order valence-corrected chi connectivity index (χ3v) is 2.21. The molecule has 1 aromatic carbocycles. The number of hydrogen-bond acceptors (Lipinski definition) is 3. The first-order chi connectivity index (χ1) is 8.04. The monoisotopic (exact) mass is 239 g/mol. The van der Waals surface area contributed by atoms with Crippen molar-refractivity contribution in [1.82, 2.24) is 5.32 Å². The highest BCUT2D eigenvalue weighted by atomic mass is 19.1. The van der Waals surface area contributed by atoms with Crippen LogP contribution in [0.5, 0.6) is 0 Å². The van der Waals surface area contributed by atoms with E-state index in [2.05, 4.69) is 5.32 Å². The van der Waals surface area contributed by atoms with E-state index in [1.807, 2.05) is 0 Å². The second-order valence-electron chi connectivity index (χ2n) is 3.41. The Labute approximate surface area is 98.4 Å². The molecule has 6 heteroatoms. The molecule has 92 valence electrons. The average Bonchev–Trinajstić information content (AvgIpc) is 2.35. The van der Waals surface area contributed by atoms with Crippen molar-refractivity contribution < 1.29 is 14.0 Å². The zero-order valence-electron chi connectivity index (χ0n) is 9.44. The number of carbonyl (C=O) groups is 2. The van der Waals surface area contributed by atoms with Gasteiger partial charge in [-0.05, 0) is 24.3 Å². The fraction of sp³-hybridized carbons (Fsp3) is 0.273. The lowest BCUT2D eigenvalue weighted by molar-refractivity contribution is -0.124. The van der Waals surface area contributed by atoms with Crippen molar-refractivity contribution in [2.75, 3.05) is 25.0 Å². The molecule has 0 unspecified atom stereocenters. The van der Waals surface area contributed by atoms with Crippen LogP contribution in [0.1, 0.15) is 0 Å². The van der Waals surface area contributed by atoms with Gasteiger partial charge >= 0.3 is 0 Å². The lowest BCUT2D eigenvalue weighted by Crippen LogP contribution is -2.40. The maximum Gasteiger partial charge on any atom is 0.246 e. The average molecular weight is 239 g/mol. The maximum atomic E-state index is 12.7. The molecule has 0 heterocycles. The molecule has 1 aromatic rings. The molecule has 0 aliphatic heterocycles. The summed E-state index contributed by atoms with van der Waals surface area (Å²) >= 11 is 0. The van der Waals surface area contributed by atoms with Gasteiger partial charge in [0.25, 0.3) is 0 Å². The first kappa shape index (κ1) is 13.1. The van der Waals surface area contributed by atoms with E-state index in [9.17, 15) is 14.0 Å². The minimum atomic E-state index is -0.397. The van der Waals surface area contributed by atoms with E-state index >= 15 is 0 Å². The van der Waals surface area contributed by atoms with Crippen LogP contribution in [-0.4, -0.2) is 32.0 Å². The van der Waals surface area contributed by atoms with Crippen LogP contribution < -0.4 is 16.0 Å². The Balaban J connectivity index is 2.57. The molecule has 0 bridgehead atoms. The SMILES string of the molecule is CN(C(=O)CNC(=O)CN)c1ccc(F)cc1. The second-order valence-corrected chi connectivity index (χ2v) is 3.41. The molecule has 0 fully saturated rings. The first-order valence-corrected chi connectivity index (χ1v) is 5.03. The molecule has 0 aromatic heterocycles. The third-order valence-electron chi connectivity index (χ3n) is 2.21. The van der Waals surface area contributed by atoms with E-state index in [0.29, 0.717) is 5.69 Å². The number of benzene rings is 1. The van der Waals surface area contributed by atoms with Crippen LogP contribution in [-0.2, 0) is 9.59 Å². The van der Waals surface area contributed by atoms with Gasteiger partial charge in [-0.3, -0.25) is 9.59 Å². The number of nitrogens with one attached hydrogen (secondary N) is 1. The molecule has 17 heavy (non-hydrogen) atoms. The normalized spacial score (nSPS) is 9.82. The molecule has 2 amide bonds. The highest BCUT2D eigenvalue weighted by Gasteiger charge is 2.11. The van der Waals surface area contributed by atoms with Gasteiger partial charge in [-0.2, -0.15) is 0 Å². The highest BCUT2D eigenvalue weighted by Crippen LogP contribution is 2.12. The Morgan fingerprint density at radius 1 is 1.35 bits per heavy atom. The molecular formula is C11H14FN3O2. The Hall–Kier alpha value is -1.95. The van der Waals surface area contributed by atoms with Gasteiger partial charge in [0.1, 0.15) is 5.82 Å². The first-order valence-electron chi connectivity index (χ1n) is 5.03. The van der Waals surface area contributed by atoms with E-state index in [4.69, 9.17) is 5.73 Å². The zero-order valence-corrected chi connectivity index (χ0v) is 9.44. The van der Waals surface area contributed by atoms with Crippen molar-refractivity contribution in [3.63, 3.8) is 0 Å². The van der Waals surface area contributed by atoms with Gasteiger partial charge in [-0.25, -0.2) is 4.39 Å². The van der Waals surface area contributed by atoms with Crippen LogP contribution in [0.2, 0.25) is 0 Å². The standard InChI is InChI=1S/C11H14FN3O2/c1-15(9-4-2-8(12)3-5-9)11(17)7-14-10(16)6-13/h2-5H,6-7,13H2,1H3,(H,14,16). The molecule has 0 radical (unpaired) electrons. The van der Waals surface area contributed by atoms with Gasteiger partial charge in [0.05, 0.1) is 13.1 Å². The summed E-state index contributed by atoms with van der Waals surface area (Å²) in [6, 6.07) is 5.49. The lowest BCUT2D eigenvalue weighted by atomic mass is 10.3. The number of hydrogen-bond donors (Lipinski definition) is 2. The summed E-state index contributed by atoms with van der Waals surface area (Å²) in [4.78, 5) is 23.8. The number of amides is 2. The van der Waals surface area contributed by atoms with Crippen molar-refractivity contribution in [1.29, 1.82) is 0 Å². The van der Waals surface area contributed by atoms with E-state index in [-0.39, 0.29) is 24.8 Å². The number of likely N-dealkylation sites (N-methyl/N-ethyl adjacent to an activating group) is 1. The van der Waals surface area contributed by atoms with Gasteiger partial charge in [0, 0.05) is 12.7 Å². The molecule has 0 saturated carbocycles. The van der Waals surface area contributed by atoms with Crippen molar-refractivity contribution in [3.05, 3.63) is 30.1 Å². The smallest absolute Gasteiger partial charge is 0.246 e. The Bertz CT molecular complexity index is 406. The summed E-state index contributed by atoms with van der Waals surface area (Å²) < 4.78 is 12.7. The summed E-state index contributed by atoms with van der Waals surface area (Å²) in [6.07, 6.45) is 0. The molecule has 1 rings (SSSR count). The minimum absolute atomic E-state index is 0.135. The zero-order chi connectivity index (χ0) is 12.8. The third kappa shape index (κ3) is 3.84. The molecular weight excluding hydrogens is 225 g/mol. The Morgan fingerprint density at radius 2 is 1.94 bits per heavy atom. The van der Waals surface area contributed by atoms with Gasteiger partial charge in [-0.15, -0.1) is 0 Å². The number of nitrogens with two attached hydrogens (primary N) is 1. The van der Waals surface area contributed by atoms with E-state index in [0.717, 1.165) is 0 Å². The van der Waals surface area contributed by atoms with Crippen LogP contribution in [0.4, 0.5) is 10.1 Å². The molecule has 0 aliphatic carbocycles. The van der Waals surface area contributed by atoms with Gasteiger partial charge in [-0.1, -0.05) is 0 Å². The van der Waals surface area contributed by atoms with Crippen molar-refractivity contribution in [2.24, 2.45) is 5.73 Å². The largest absolute Gasteiger partial charge is 0.346 e. The second kappa shape index (κ2) is 5.95. The van der Waals surface area contributed by atoms with Crippen LogP contribution in [0.3, 0.4) is 0 Å². The number of carbonyl (C=O) groups excluding carboxylic acids is 2. The Morgan fingerprint density at radius 3 is 2.47 bits per heavy atom. The lowest BCUT2D eigenvalue weighted by Gasteiger charge is -2.17. The van der Waals surface area contributed by atoms with Crippen molar-refractivity contribution >= 4 is 17.5 Å². The predicted molar refractivity (Wildman–Crippen MR) is 61.9 cm³/mol. The van der Waals surface area contributed by atoms with E-state index in [1.54, 1.807) is 7.05 Å². The highest BCUT2D eigenvalue weighted by molar-refractivity contribution is 5.96. The topological polar surface area (TPSA) is 75.4 Å².